The number of nitrogens with zero attached hydrogens (tertiary/aromatic N) is 1. The van der Waals surface area contributed by atoms with Crippen molar-refractivity contribution in [2.45, 2.75) is 32.9 Å². The molecule has 1 aromatic carbocycles. The van der Waals surface area contributed by atoms with Crippen molar-refractivity contribution < 1.29 is 18.0 Å². The lowest BCUT2D eigenvalue weighted by Crippen LogP contribution is -2.34. The smallest absolute Gasteiger partial charge is 0.363 e. The molecule has 0 fully saturated rings. The lowest BCUT2D eigenvalue weighted by atomic mass is 10.1. The zero-order valence-corrected chi connectivity index (χ0v) is 11.1. The molecule has 0 bridgehead atoms. The van der Waals surface area contributed by atoms with E-state index in [9.17, 15) is 18.0 Å². The zero-order valence-electron chi connectivity index (χ0n) is 11.1. The number of alkyl halides is 3. The van der Waals surface area contributed by atoms with Crippen LogP contribution in [0.25, 0.3) is 0 Å². The van der Waals surface area contributed by atoms with Crippen LogP contribution in [0.2, 0.25) is 0 Å². The van der Waals surface area contributed by atoms with Crippen LogP contribution < -0.4 is 4.90 Å². The number of ketones is 1. The van der Waals surface area contributed by atoms with Gasteiger partial charge in [0.1, 0.15) is 6.54 Å². The molecule has 0 aromatic heterocycles. The van der Waals surface area contributed by atoms with Crippen LogP contribution in [0, 0.1) is 0 Å². The first-order chi connectivity index (χ1) is 8.87. The highest BCUT2D eigenvalue weighted by Crippen LogP contribution is 2.23. The van der Waals surface area contributed by atoms with Crippen molar-refractivity contribution in [1.82, 2.24) is 0 Å². The van der Waals surface area contributed by atoms with Crippen LogP contribution in [0.4, 0.5) is 18.9 Å². The van der Waals surface area contributed by atoms with E-state index in [1.807, 2.05) is 6.92 Å². The quantitative estimate of drug-likeness (QED) is 0.728. The Morgan fingerprint density at radius 3 is 2.16 bits per heavy atom. The van der Waals surface area contributed by atoms with Crippen molar-refractivity contribution in [2.24, 2.45) is 0 Å². The van der Waals surface area contributed by atoms with Crippen LogP contribution >= 0.6 is 0 Å². The second kappa shape index (κ2) is 6.59. The van der Waals surface area contributed by atoms with Gasteiger partial charge in [-0.3, -0.25) is 4.79 Å². The van der Waals surface area contributed by atoms with Crippen molar-refractivity contribution >= 4 is 11.5 Å². The van der Waals surface area contributed by atoms with Gasteiger partial charge in [0.15, 0.2) is 5.78 Å². The highest BCUT2D eigenvalue weighted by atomic mass is 19.4. The van der Waals surface area contributed by atoms with Gasteiger partial charge in [-0.05, 0) is 30.7 Å². The number of halogens is 3. The lowest BCUT2D eigenvalue weighted by molar-refractivity contribution is -0.119. The lowest BCUT2D eigenvalue weighted by Gasteiger charge is -2.25. The second-order valence-corrected chi connectivity index (χ2v) is 4.36. The summed E-state index contributed by atoms with van der Waals surface area (Å²) >= 11 is 0. The van der Waals surface area contributed by atoms with Gasteiger partial charge in [0, 0.05) is 24.2 Å². The summed E-state index contributed by atoms with van der Waals surface area (Å²) in [6.07, 6.45) is -3.21. The summed E-state index contributed by atoms with van der Waals surface area (Å²) in [7, 11) is 0. The fraction of sp³-hybridized carbons (Fsp3) is 0.500. The molecule has 0 saturated carbocycles. The number of carbonyl (C=O) groups is 1. The zero-order chi connectivity index (χ0) is 14.5. The molecule has 5 heteroatoms. The first-order valence-corrected chi connectivity index (χ1v) is 6.32. The predicted octanol–water partition coefficient (Wildman–Crippen LogP) is 4.06. The summed E-state index contributed by atoms with van der Waals surface area (Å²) in [5, 5.41) is 0. The minimum atomic E-state index is -4.23. The van der Waals surface area contributed by atoms with Gasteiger partial charge in [0.25, 0.3) is 0 Å². The molecule has 0 N–H and O–H groups in total. The number of hydrogen-bond donors (Lipinski definition) is 0. The molecule has 0 amide bonds. The maximum Gasteiger partial charge on any atom is 0.405 e. The van der Waals surface area contributed by atoms with Gasteiger partial charge in [0.05, 0.1) is 0 Å². The molecule has 106 valence electrons. The van der Waals surface area contributed by atoms with E-state index in [0.29, 0.717) is 30.6 Å². The van der Waals surface area contributed by atoms with Gasteiger partial charge >= 0.3 is 6.18 Å². The number of carbonyl (C=O) groups excluding carboxylic acids is 1. The molecular formula is C14H18F3NO. The van der Waals surface area contributed by atoms with E-state index in [0.717, 1.165) is 0 Å². The van der Waals surface area contributed by atoms with Crippen molar-refractivity contribution in [1.29, 1.82) is 0 Å². The summed E-state index contributed by atoms with van der Waals surface area (Å²) in [4.78, 5) is 12.7. The van der Waals surface area contributed by atoms with Crippen molar-refractivity contribution in [2.75, 3.05) is 18.0 Å². The van der Waals surface area contributed by atoms with Gasteiger partial charge in [0.2, 0.25) is 0 Å². The van der Waals surface area contributed by atoms with Crippen LogP contribution in [0.15, 0.2) is 24.3 Å². The van der Waals surface area contributed by atoms with E-state index in [4.69, 9.17) is 0 Å². The van der Waals surface area contributed by atoms with E-state index in [1.54, 1.807) is 31.2 Å². The average molecular weight is 273 g/mol. The van der Waals surface area contributed by atoms with Crippen molar-refractivity contribution in [3.8, 4) is 0 Å². The van der Waals surface area contributed by atoms with E-state index in [1.165, 1.54) is 4.90 Å². The SMILES string of the molecule is CCCN(CC(F)(F)F)c1ccc(C(=O)CC)cc1. The van der Waals surface area contributed by atoms with Gasteiger partial charge < -0.3 is 4.90 Å². The van der Waals surface area contributed by atoms with Crippen LogP contribution in [0.1, 0.15) is 37.0 Å². The minimum absolute atomic E-state index is 0.00980. The molecule has 0 atom stereocenters. The van der Waals surface area contributed by atoms with Crippen LogP contribution in [-0.4, -0.2) is 25.0 Å². The molecule has 0 saturated heterocycles. The Morgan fingerprint density at radius 2 is 1.74 bits per heavy atom. The molecule has 0 aliphatic carbocycles. The molecule has 0 radical (unpaired) electrons. The highest BCUT2D eigenvalue weighted by Gasteiger charge is 2.30. The number of Topliss-reactive ketones (excluding diaryl/α,β-unsaturated/α-hetero) is 1. The standard InChI is InChI=1S/C14H18F3NO/c1-3-9-18(10-14(15,16)17)12-7-5-11(6-8-12)13(19)4-2/h5-8H,3-4,9-10H2,1-2H3. The molecule has 0 aliphatic rings. The fourth-order valence-corrected chi connectivity index (χ4v) is 1.85. The number of anilines is 1. The normalized spacial score (nSPS) is 11.4. The molecular weight excluding hydrogens is 255 g/mol. The molecule has 2 nitrogen and oxygen atoms in total. The second-order valence-electron chi connectivity index (χ2n) is 4.36. The largest absolute Gasteiger partial charge is 0.405 e. The highest BCUT2D eigenvalue weighted by molar-refractivity contribution is 5.96. The average Bonchev–Trinajstić information content (AvgIpc) is 2.36. The summed E-state index contributed by atoms with van der Waals surface area (Å²) < 4.78 is 37.4. The topological polar surface area (TPSA) is 20.3 Å². The Kier molecular flexibility index (Phi) is 5.39. The summed E-state index contributed by atoms with van der Waals surface area (Å²) in [5.41, 5.74) is 1.03. The predicted molar refractivity (Wildman–Crippen MR) is 69.6 cm³/mol. The van der Waals surface area contributed by atoms with Gasteiger partial charge in [-0.1, -0.05) is 13.8 Å². The van der Waals surface area contributed by atoms with Crippen molar-refractivity contribution in [3.63, 3.8) is 0 Å². The summed E-state index contributed by atoms with van der Waals surface area (Å²) in [6, 6.07) is 6.31. The van der Waals surface area contributed by atoms with Crippen LogP contribution in [0.3, 0.4) is 0 Å². The first-order valence-electron chi connectivity index (χ1n) is 6.32. The Labute approximate surface area is 111 Å². The van der Waals surface area contributed by atoms with E-state index in [2.05, 4.69) is 0 Å². The van der Waals surface area contributed by atoms with Crippen LogP contribution in [-0.2, 0) is 0 Å². The summed E-state index contributed by atoms with van der Waals surface area (Å²) in [5.74, 6) is -0.00980. The van der Waals surface area contributed by atoms with E-state index in [-0.39, 0.29) is 5.78 Å². The third-order valence-corrected chi connectivity index (χ3v) is 2.74. The molecule has 0 aliphatic heterocycles. The summed E-state index contributed by atoms with van der Waals surface area (Å²) in [6.45, 7) is 2.95. The van der Waals surface area contributed by atoms with Gasteiger partial charge in [-0.25, -0.2) is 0 Å². The van der Waals surface area contributed by atoms with E-state index >= 15 is 0 Å². The van der Waals surface area contributed by atoms with Crippen LogP contribution in [0.5, 0.6) is 0 Å². The van der Waals surface area contributed by atoms with Crippen molar-refractivity contribution in [3.05, 3.63) is 29.8 Å². The Balaban J connectivity index is 2.88. The Hall–Kier alpha value is -1.52. The number of benzene rings is 1. The molecule has 0 spiro atoms. The van der Waals surface area contributed by atoms with Gasteiger partial charge in [-0.2, -0.15) is 13.2 Å². The monoisotopic (exact) mass is 273 g/mol. The molecule has 0 unspecified atom stereocenters. The number of hydrogen-bond acceptors (Lipinski definition) is 2. The Bertz CT molecular complexity index is 412. The Morgan fingerprint density at radius 1 is 1.16 bits per heavy atom. The minimum Gasteiger partial charge on any atom is -0.363 e. The number of rotatable bonds is 6. The maximum atomic E-state index is 12.5. The van der Waals surface area contributed by atoms with E-state index < -0.39 is 12.7 Å². The van der Waals surface area contributed by atoms with Gasteiger partial charge in [-0.15, -0.1) is 0 Å². The maximum absolute atomic E-state index is 12.5. The molecule has 0 heterocycles. The third-order valence-electron chi connectivity index (χ3n) is 2.74. The molecule has 1 aromatic rings. The fourth-order valence-electron chi connectivity index (χ4n) is 1.85. The third kappa shape index (κ3) is 4.93. The molecule has 19 heavy (non-hydrogen) atoms. The molecule has 1 rings (SSSR count). The first kappa shape index (κ1) is 15.5.